The maximum absolute atomic E-state index is 8.66. The van der Waals surface area contributed by atoms with Gasteiger partial charge >= 0.3 is 0 Å². The largest absolute Gasteiger partial charge is 0.396 e. The van der Waals surface area contributed by atoms with Crippen molar-refractivity contribution in [3.8, 4) is 0 Å². The summed E-state index contributed by atoms with van der Waals surface area (Å²) in [5.41, 5.74) is 0.307. The third kappa shape index (κ3) is 2.94. The summed E-state index contributed by atoms with van der Waals surface area (Å²) in [6, 6.07) is 0. The van der Waals surface area contributed by atoms with E-state index in [-0.39, 0.29) is 0 Å². The Kier molecular flexibility index (Phi) is 4.04. The minimum Gasteiger partial charge on any atom is -0.396 e. The Hall–Kier alpha value is -0.0800. The molecule has 2 heterocycles. The van der Waals surface area contributed by atoms with Crippen LogP contribution in [0.4, 0.5) is 0 Å². The van der Waals surface area contributed by atoms with Crippen molar-refractivity contribution in [2.75, 3.05) is 6.61 Å². The second-order valence-corrected chi connectivity index (χ2v) is 5.24. The number of unbranched alkanes of at least 4 members (excludes halogenated alkanes) is 4. The Morgan fingerprint density at radius 3 is 2.27 bits per heavy atom. The van der Waals surface area contributed by atoms with Crippen LogP contribution in [0.5, 0.6) is 0 Å². The van der Waals surface area contributed by atoms with Gasteiger partial charge in [0.15, 0.2) is 0 Å². The summed E-state index contributed by atoms with van der Waals surface area (Å²) in [5, 5.41) is 8.66. The monoisotopic (exact) mass is 212 g/mol. The third-order valence-corrected chi connectivity index (χ3v) is 4.05. The maximum Gasteiger partial charge on any atom is 0.0688 e. The normalized spacial score (nSPS) is 33.8. The van der Waals surface area contributed by atoms with Crippen LogP contribution in [0, 0.1) is 0 Å². The molecule has 2 aliphatic rings. The predicted octanol–water partition coefficient (Wildman–Crippen LogP) is 3.03. The molecule has 0 aromatic carbocycles. The van der Waals surface area contributed by atoms with Crippen molar-refractivity contribution < 1.29 is 9.84 Å². The zero-order chi connectivity index (χ0) is 10.6. The molecule has 2 saturated heterocycles. The van der Waals surface area contributed by atoms with Crippen LogP contribution in [0.25, 0.3) is 0 Å². The van der Waals surface area contributed by atoms with E-state index in [0.29, 0.717) is 18.3 Å². The molecule has 0 amide bonds. The Bertz CT molecular complexity index is 183. The van der Waals surface area contributed by atoms with Crippen molar-refractivity contribution in [2.24, 2.45) is 0 Å². The van der Waals surface area contributed by atoms with Gasteiger partial charge in [-0.2, -0.15) is 0 Å². The summed E-state index contributed by atoms with van der Waals surface area (Å²) in [6.45, 7) is 0.356. The highest BCUT2D eigenvalue weighted by Gasteiger charge is 2.45. The number of ether oxygens (including phenoxy) is 1. The molecule has 0 aromatic rings. The van der Waals surface area contributed by atoms with Gasteiger partial charge in [-0.1, -0.05) is 25.7 Å². The van der Waals surface area contributed by atoms with Crippen molar-refractivity contribution >= 4 is 0 Å². The van der Waals surface area contributed by atoms with Gasteiger partial charge in [-0.05, 0) is 38.5 Å². The van der Waals surface area contributed by atoms with Crippen molar-refractivity contribution in [2.45, 2.75) is 75.9 Å². The van der Waals surface area contributed by atoms with E-state index >= 15 is 0 Å². The van der Waals surface area contributed by atoms with Crippen molar-refractivity contribution in [3.05, 3.63) is 0 Å². The highest BCUT2D eigenvalue weighted by atomic mass is 16.5. The number of fused-ring (bicyclic) bond motifs is 2. The number of hydrogen-bond donors (Lipinski definition) is 1. The Morgan fingerprint density at radius 2 is 1.67 bits per heavy atom. The molecular formula is C13H24O2. The number of aliphatic hydroxyl groups excluding tert-OH is 1. The highest BCUT2D eigenvalue weighted by molar-refractivity contribution is 4.95. The van der Waals surface area contributed by atoms with E-state index in [1.54, 1.807) is 0 Å². The van der Waals surface area contributed by atoms with Crippen molar-refractivity contribution in [1.29, 1.82) is 0 Å². The van der Waals surface area contributed by atoms with Crippen LogP contribution in [-0.2, 0) is 4.74 Å². The van der Waals surface area contributed by atoms with Gasteiger partial charge in [0.05, 0.1) is 11.7 Å². The summed E-state index contributed by atoms with van der Waals surface area (Å²) in [7, 11) is 0. The van der Waals surface area contributed by atoms with Gasteiger partial charge in [0.25, 0.3) is 0 Å². The molecule has 0 radical (unpaired) electrons. The van der Waals surface area contributed by atoms with Gasteiger partial charge < -0.3 is 9.84 Å². The van der Waals surface area contributed by atoms with E-state index in [0.717, 1.165) is 6.42 Å². The van der Waals surface area contributed by atoms with Crippen LogP contribution in [-0.4, -0.2) is 23.4 Å². The summed E-state index contributed by atoms with van der Waals surface area (Å²) in [6.07, 6.45) is 13.2. The quantitative estimate of drug-likeness (QED) is 0.657. The highest BCUT2D eigenvalue weighted by Crippen LogP contribution is 2.46. The second kappa shape index (κ2) is 5.31. The summed E-state index contributed by atoms with van der Waals surface area (Å²) in [5.74, 6) is 0. The molecule has 0 spiro atoms. The van der Waals surface area contributed by atoms with Gasteiger partial charge in [-0.3, -0.25) is 0 Å². The zero-order valence-corrected chi connectivity index (χ0v) is 9.71. The number of aliphatic hydroxyl groups is 1. The van der Waals surface area contributed by atoms with Gasteiger partial charge in [0.1, 0.15) is 0 Å². The molecule has 2 heteroatoms. The van der Waals surface area contributed by atoms with Gasteiger partial charge in [0.2, 0.25) is 0 Å². The standard InChI is InChI=1S/C13H24O2/c14-11-5-3-1-2-4-8-13-9-6-12(15-13)7-10-13/h12,14H,1-11H2. The molecule has 0 saturated carbocycles. The minimum atomic E-state index is 0.307. The van der Waals surface area contributed by atoms with E-state index in [9.17, 15) is 0 Å². The van der Waals surface area contributed by atoms with Gasteiger partial charge in [-0.15, -0.1) is 0 Å². The molecule has 0 atom stereocenters. The average Bonchev–Trinajstić information content (AvgIpc) is 2.83. The molecule has 2 aliphatic heterocycles. The van der Waals surface area contributed by atoms with Crippen LogP contribution in [0.2, 0.25) is 0 Å². The second-order valence-electron chi connectivity index (χ2n) is 5.24. The fraction of sp³-hybridized carbons (Fsp3) is 1.00. The molecule has 2 rings (SSSR count). The lowest BCUT2D eigenvalue weighted by Gasteiger charge is -2.24. The minimum absolute atomic E-state index is 0.307. The molecule has 0 aromatic heterocycles. The molecule has 0 unspecified atom stereocenters. The Labute approximate surface area is 93.0 Å². The first-order valence-corrected chi connectivity index (χ1v) is 6.63. The fourth-order valence-electron chi connectivity index (χ4n) is 3.10. The first-order chi connectivity index (χ1) is 7.35. The van der Waals surface area contributed by atoms with Crippen molar-refractivity contribution in [1.82, 2.24) is 0 Å². The average molecular weight is 212 g/mol. The molecule has 0 aliphatic carbocycles. The van der Waals surface area contributed by atoms with E-state index in [4.69, 9.17) is 9.84 Å². The molecule has 15 heavy (non-hydrogen) atoms. The lowest BCUT2D eigenvalue weighted by molar-refractivity contribution is 0.00521. The zero-order valence-electron chi connectivity index (χ0n) is 9.71. The molecule has 2 nitrogen and oxygen atoms in total. The van der Waals surface area contributed by atoms with Gasteiger partial charge in [-0.25, -0.2) is 0 Å². The van der Waals surface area contributed by atoms with Gasteiger partial charge in [0, 0.05) is 6.61 Å². The van der Waals surface area contributed by atoms with Crippen LogP contribution in [0.1, 0.15) is 64.2 Å². The van der Waals surface area contributed by atoms with E-state index in [1.807, 2.05) is 0 Å². The molecule has 2 fully saturated rings. The van der Waals surface area contributed by atoms with Crippen LogP contribution >= 0.6 is 0 Å². The first-order valence-electron chi connectivity index (χ1n) is 6.63. The topological polar surface area (TPSA) is 29.5 Å². The van der Waals surface area contributed by atoms with Crippen LogP contribution < -0.4 is 0 Å². The lowest BCUT2D eigenvalue weighted by Crippen LogP contribution is -2.23. The summed E-state index contributed by atoms with van der Waals surface area (Å²) >= 11 is 0. The van der Waals surface area contributed by atoms with Crippen molar-refractivity contribution in [3.63, 3.8) is 0 Å². The predicted molar refractivity (Wildman–Crippen MR) is 60.9 cm³/mol. The first kappa shape index (κ1) is 11.4. The SMILES string of the molecule is OCCCCCCCC12CCC(CC1)O2. The van der Waals surface area contributed by atoms with E-state index in [1.165, 1.54) is 57.8 Å². The van der Waals surface area contributed by atoms with E-state index in [2.05, 4.69) is 0 Å². The Balaban J connectivity index is 1.54. The van der Waals surface area contributed by atoms with Crippen LogP contribution in [0.3, 0.4) is 0 Å². The van der Waals surface area contributed by atoms with Crippen LogP contribution in [0.15, 0.2) is 0 Å². The molecular weight excluding hydrogens is 188 g/mol. The molecule has 2 bridgehead atoms. The number of rotatable bonds is 7. The maximum atomic E-state index is 8.66. The molecule has 88 valence electrons. The smallest absolute Gasteiger partial charge is 0.0688 e. The molecule has 1 N–H and O–H groups in total. The Morgan fingerprint density at radius 1 is 1.00 bits per heavy atom. The lowest BCUT2D eigenvalue weighted by atomic mass is 9.84. The fourth-order valence-corrected chi connectivity index (χ4v) is 3.10. The third-order valence-electron chi connectivity index (χ3n) is 4.05. The summed E-state index contributed by atoms with van der Waals surface area (Å²) < 4.78 is 6.05. The summed E-state index contributed by atoms with van der Waals surface area (Å²) in [4.78, 5) is 0. The number of hydrogen-bond acceptors (Lipinski definition) is 2. The van der Waals surface area contributed by atoms with E-state index < -0.39 is 0 Å².